The Morgan fingerprint density at radius 3 is 2.47 bits per heavy atom. The second-order valence-electron chi connectivity index (χ2n) is 5.34. The van der Waals surface area contributed by atoms with Gasteiger partial charge in [-0.2, -0.15) is 0 Å². The molecule has 1 N–H and O–H groups in total. The van der Waals surface area contributed by atoms with Gasteiger partial charge in [0, 0.05) is 12.3 Å². The van der Waals surface area contributed by atoms with Gasteiger partial charge in [0.15, 0.2) is 11.5 Å². The summed E-state index contributed by atoms with van der Waals surface area (Å²) >= 11 is 0. The Balaban J connectivity index is 2.47. The zero-order valence-corrected chi connectivity index (χ0v) is 10.4. The highest BCUT2D eigenvalue weighted by molar-refractivity contribution is 5.92. The van der Waals surface area contributed by atoms with E-state index in [0.717, 1.165) is 0 Å². The second-order valence-corrected chi connectivity index (χ2v) is 5.34. The fourth-order valence-corrected chi connectivity index (χ4v) is 1.60. The van der Waals surface area contributed by atoms with Crippen LogP contribution >= 0.6 is 0 Å². The molecule has 92 valence electrons. The van der Waals surface area contributed by atoms with Gasteiger partial charge in [0.1, 0.15) is 5.56 Å². The van der Waals surface area contributed by atoms with E-state index in [0.29, 0.717) is 11.5 Å². The summed E-state index contributed by atoms with van der Waals surface area (Å²) in [6, 6.07) is 4.89. The summed E-state index contributed by atoms with van der Waals surface area (Å²) in [6.45, 7) is 7.77. The van der Waals surface area contributed by atoms with Gasteiger partial charge in [0.05, 0.1) is 0 Å². The third kappa shape index (κ3) is 1.73. The largest absolute Gasteiger partial charge is 0.478 e. The molecule has 1 atom stereocenters. The van der Waals surface area contributed by atoms with Crippen molar-refractivity contribution in [3.63, 3.8) is 0 Å². The molecule has 0 aliphatic carbocycles. The van der Waals surface area contributed by atoms with Crippen LogP contribution in [0.3, 0.4) is 0 Å². The average Bonchev–Trinajstić information content (AvgIpc) is 2.53. The molecule has 1 aromatic carbocycles. The molecule has 0 spiro atoms. The molecule has 0 aromatic heterocycles. The highest BCUT2D eigenvalue weighted by Crippen LogP contribution is 2.48. The maximum Gasteiger partial charge on any atom is 0.339 e. The van der Waals surface area contributed by atoms with E-state index < -0.39 is 11.8 Å². The molecule has 0 amide bonds. The lowest BCUT2D eigenvalue weighted by atomic mass is 9.87. The van der Waals surface area contributed by atoms with Gasteiger partial charge < -0.3 is 14.6 Å². The summed E-state index contributed by atoms with van der Waals surface area (Å²) in [5.41, 5.74) is -0.127. The van der Waals surface area contributed by atoms with Gasteiger partial charge in [0.2, 0.25) is 0 Å². The molecular formula is C13H16O4. The van der Waals surface area contributed by atoms with Gasteiger partial charge in [-0.05, 0) is 12.1 Å². The van der Waals surface area contributed by atoms with E-state index in [-0.39, 0.29) is 11.0 Å². The molecular weight excluding hydrogens is 220 g/mol. The number of hydrogen-bond donors (Lipinski definition) is 1. The van der Waals surface area contributed by atoms with E-state index in [9.17, 15) is 4.79 Å². The number of rotatable bonds is 1. The third-order valence-electron chi connectivity index (χ3n) is 3.17. The predicted octanol–water partition coefficient (Wildman–Crippen LogP) is 2.92. The molecule has 0 saturated carbocycles. The van der Waals surface area contributed by atoms with E-state index in [2.05, 4.69) is 0 Å². The third-order valence-corrected chi connectivity index (χ3v) is 3.17. The van der Waals surface area contributed by atoms with Crippen LogP contribution in [-0.4, -0.2) is 16.9 Å². The summed E-state index contributed by atoms with van der Waals surface area (Å²) in [4.78, 5) is 11.1. The normalized spacial score (nSPS) is 22.6. The lowest BCUT2D eigenvalue weighted by Crippen LogP contribution is -2.47. The number of carbonyl (C=O) groups is 1. The predicted molar refractivity (Wildman–Crippen MR) is 62.5 cm³/mol. The number of ether oxygens (including phenoxy) is 2. The van der Waals surface area contributed by atoms with Gasteiger partial charge in [-0.15, -0.1) is 0 Å². The fraction of sp³-hybridized carbons (Fsp3) is 0.462. The average molecular weight is 236 g/mol. The first-order chi connectivity index (χ1) is 7.74. The van der Waals surface area contributed by atoms with Gasteiger partial charge in [-0.1, -0.05) is 26.8 Å². The minimum absolute atomic E-state index is 0.135. The van der Waals surface area contributed by atoms with Crippen LogP contribution in [0.5, 0.6) is 11.5 Å². The molecule has 1 heterocycles. The van der Waals surface area contributed by atoms with E-state index >= 15 is 0 Å². The van der Waals surface area contributed by atoms with Crippen LogP contribution in [0.25, 0.3) is 0 Å². The maximum absolute atomic E-state index is 11.1. The van der Waals surface area contributed by atoms with Crippen LogP contribution in [0.2, 0.25) is 0 Å². The minimum Gasteiger partial charge on any atom is -0.478 e. The number of para-hydroxylation sites is 1. The molecule has 4 heteroatoms. The van der Waals surface area contributed by atoms with Crippen LogP contribution in [0.1, 0.15) is 38.1 Å². The summed E-state index contributed by atoms with van der Waals surface area (Å²) in [7, 11) is 0. The quantitative estimate of drug-likeness (QED) is 0.814. The Labute approximate surface area is 100 Å². The molecule has 0 unspecified atom stereocenters. The first-order valence-electron chi connectivity index (χ1n) is 5.49. The van der Waals surface area contributed by atoms with Crippen molar-refractivity contribution in [2.75, 3.05) is 0 Å². The molecule has 4 nitrogen and oxygen atoms in total. The van der Waals surface area contributed by atoms with Crippen molar-refractivity contribution in [1.29, 1.82) is 0 Å². The van der Waals surface area contributed by atoms with Crippen LogP contribution in [0, 0.1) is 5.41 Å². The number of hydrogen-bond acceptors (Lipinski definition) is 3. The number of fused-ring (bicyclic) bond motifs is 1. The van der Waals surface area contributed by atoms with Crippen molar-refractivity contribution in [1.82, 2.24) is 0 Å². The Hall–Kier alpha value is -1.71. The van der Waals surface area contributed by atoms with Crippen molar-refractivity contribution in [2.45, 2.75) is 33.5 Å². The van der Waals surface area contributed by atoms with Crippen molar-refractivity contribution in [3.05, 3.63) is 23.8 Å². The van der Waals surface area contributed by atoms with Crippen molar-refractivity contribution >= 4 is 5.97 Å². The van der Waals surface area contributed by atoms with Crippen molar-refractivity contribution in [2.24, 2.45) is 5.41 Å². The Kier molecular flexibility index (Phi) is 2.35. The van der Waals surface area contributed by atoms with Crippen LogP contribution in [0.4, 0.5) is 0 Å². The lowest BCUT2D eigenvalue weighted by molar-refractivity contribution is -0.142. The summed E-state index contributed by atoms with van der Waals surface area (Å²) in [5, 5.41) is 9.09. The summed E-state index contributed by atoms with van der Waals surface area (Å²) in [6.07, 6.45) is 0. The number of benzene rings is 1. The molecule has 1 aliphatic rings. The van der Waals surface area contributed by atoms with Gasteiger partial charge in [-0.25, -0.2) is 4.79 Å². The zero-order chi connectivity index (χ0) is 12.8. The zero-order valence-electron chi connectivity index (χ0n) is 10.4. The molecule has 2 rings (SSSR count). The Bertz CT molecular complexity index is 473. The Morgan fingerprint density at radius 2 is 1.94 bits per heavy atom. The fourth-order valence-electron chi connectivity index (χ4n) is 1.60. The minimum atomic E-state index is -1.01. The topological polar surface area (TPSA) is 55.8 Å². The highest BCUT2D eigenvalue weighted by atomic mass is 16.7. The smallest absolute Gasteiger partial charge is 0.339 e. The van der Waals surface area contributed by atoms with Crippen LogP contribution < -0.4 is 9.47 Å². The summed E-state index contributed by atoms with van der Waals surface area (Å²) in [5.74, 6) is -1.05. The highest BCUT2D eigenvalue weighted by Gasteiger charge is 2.48. The van der Waals surface area contributed by atoms with Crippen molar-refractivity contribution in [3.8, 4) is 11.5 Å². The molecule has 0 radical (unpaired) electrons. The second kappa shape index (κ2) is 3.39. The molecule has 17 heavy (non-hydrogen) atoms. The number of carboxylic acids is 1. The maximum atomic E-state index is 11.1. The van der Waals surface area contributed by atoms with E-state index in [1.807, 2.05) is 27.7 Å². The van der Waals surface area contributed by atoms with Crippen molar-refractivity contribution < 1.29 is 19.4 Å². The molecule has 1 aliphatic heterocycles. The van der Waals surface area contributed by atoms with Crippen LogP contribution in [-0.2, 0) is 0 Å². The van der Waals surface area contributed by atoms with E-state index in [1.165, 1.54) is 6.07 Å². The molecule has 0 bridgehead atoms. The van der Waals surface area contributed by atoms with Gasteiger partial charge >= 0.3 is 5.97 Å². The van der Waals surface area contributed by atoms with Gasteiger partial charge in [-0.3, -0.25) is 0 Å². The molecule has 1 aromatic rings. The summed E-state index contributed by atoms with van der Waals surface area (Å²) < 4.78 is 11.5. The number of aromatic carboxylic acids is 1. The SMILES string of the molecule is CC(C)(C)[C@]1(C)Oc2cccc(C(=O)O)c2O1. The van der Waals surface area contributed by atoms with Gasteiger partial charge in [0.25, 0.3) is 5.79 Å². The van der Waals surface area contributed by atoms with E-state index in [1.54, 1.807) is 12.1 Å². The Morgan fingerprint density at radius 1 is 1.29 bits per heavy atom. The first-order valence-corrected chi connectivity index (χ1v) is 5.49. The molecule has 0 saturated heterocycles. The lowest BCUT2D eigenvalue weighted by Gasteiger charge is -2.35. The monoisotopic (exact) mass is 236 g/mol. The van der Waals surface area contributed by atoms with Crippen LogP contribution in [0.15, 0.2) is 18.2 Å². The standard InChI is InChI=1S/C13H16O4/c1-12(2,3)13(4)16-9-7-5-6-8(11(14)15)10(9)17-13/h5-7H,1-4H3,(H,14,15)/t13-/m1/s1. The van der Waals surface area contributed by atoms with E-state index in [4.69, 9.17) is 14.6 Å². The first kappa shape index (κ1) is 11.8. The number of carboxylic acid groups (broad SMARTS) is 1. The molecule has 0 fully saturated rings.